The molecule has 126 valence electrons. The Kier molecular flexibility index (Phi) is 5.05. The summed E-state index contributed by atoms with van der Waals surface area (Å²) >= 11 is 5.97. The minimum absolute atomic E-state index is 0.0174. The summed E-state index contributed by atoms with van der Waals surface area (Å²) in [6.07, 6.45) is 2.80. The van der Waals surface area contributed by atoms with Crippen molar-refractivity contribution in [3.05, 3.63) is 35.6 Å². The number of nitrogens with zero attached hydrogens (tertiary/aromatic N) is 5. The fraction of sp³-hybridized carbons (Fsp3) is 0.400. The van der Waals surface area contributed by atoms with Gasteiger partial charge in [-0.15, -0.1) is 5.10 Å². The molecule has 8 nitrogen and oxygen atoms in total. The van der Waals surface area contributed by atoms with Crippen molar-refractivity contribution in [3.8, 4) is 0 Å². The summed E-state index contributed by atoms with van der Waals surface area (Å²) in [7, 11) is 0. The van der Waals surface area contributed by atoms with Crippen LogP contribution in [0.3, 0.4) is 0 Å². The smallest absolute Gasteiger partial charge is 0.229 e. The van der Waals surface area contributed by atoms with Crippen LogP contribution in [0.4, 0.5) is 5.69 Å². The Balaban J connectivity index is 1.48. The molecule has 1 saturated heterocycles. The van der Waals surface area contributed by atoms with Crippen LogP contribution in [0.1, 0.15) is 19.3 Å². The monoisotopic (exact) mass is 348 g/mol. The van der Waals surface area contributed by atoms with Gasteiger partial charge in [-0.2, -0.15) is 0 Å². The highest BCUT2D eigenvalue weighted by Crippen LogP contribution is 2.24. The maximum atomic E-state index is 12.2. The van der Waals surface area contributed by atoms with Gasteiger partial charge in [-0.05, 0) is 35.0 Å². The van der Waals surface area contributed by atoms with E-state index in [0.29, 0.717) is 37.4 Å². The lowest BCUT2D eigenvalue weighted by molar-refractivity contribution is -0.121. The minimum Gasteiger partial charge on any atom is -0.351 e. The molecule has 1 aromatic carbocycles. The van der Waals surface area contributed by atoms with Crippen molar-refractivity contribution in [1.82, 2.24) is 25.5 Å². The first-order valence-electron chi connectivity index (χ1n) is 7.68. The summed E-state index contributed by atoms with van der Waals surface area (Å²) in [4.78, 5) is 25.8. The van der Waals surface area contributed by atoms with Gasteiger partial charge in [0.25, 0.3) is 0 Å². The highest BCUT2D eigenvalue weighted by molar-refractivity contribution is 6.30. The summed E-state index contributed by atoms with van der Waals surface area (Å²) in [5.74, 6) is -0.0925. The maximum absolute atomic E-state index is 12.2. The largest absolute Gasteiger partial charge is 0.351 e. The normalized spacial score (nSPS) is 17.3. The van der Waals surface area contributed by atoms with E-state index in [1.54, 1.807) is 27.8 Å². The number of carbonyl (C=O) groups is 2. The van der Waals surface area contributed by atoms with Crippen molar-refractivity contribution in [2.24, 2.45) is 0 Å². The topological polar surface area (TPSA) is 93.0 Å². The van der Waals surface area contributed by atoms with Crippen molar-refractivity contribution in [2.45, 2.75) is 31.8 Å². The van der Waals surface area contributed by atoms with Gasteiger partial charge in [0.15, 0.2) is 0 Å². The first kappa shape index (κ1) is 16.4. The zero-order chi connectivity index (χ0) is 16.9. The third-order valence-corrected chi connectivity index (χ3v) is 4.03. The van der Waals surface area contributed by atoms with Gasteiger partial charge >= 0.3 is 0 Å². The third-order valence-electron chi connectivity index (χ3n) is 3.79. The molecule has 0 unspecified atom stereocenters. The van der Waals surface area contributed by atoms with Gasteiger partial charge in [0.05, 0.1) is 6.04 Å². The Morgan fingerprint density at radius 1 is 1.42 bits per heavy atom. The van der Waals surface area contributed by atoms with Crippen LogP contribution >= 0.6 is 11.6 Å². The quantitative estimate of drug-likeness (QED) is 0.841. The van der Waals surface area contributed by atoms with Crippen LogP contribution in [0.2, 0.25) is 5.02 Å². The lowest BCUT2D eigenvalue weighted by Crippen LogP contribution is -2.37. The van der Waals surface area contributed by atoms with Crippen molar-refractivity contribution in [2.75, 3.05) is 11.4 Å². The number of carbonyl (C=O) groups excluding carboxylic acids is 2. The molecule has 1 atom stereocenters. The number of aromatic nitrogens is 4. The van der Waals surface area contributed by atoms with E-state index in [1.165, 1.54) is 6.33 Å². The van der Waals surface area contributed by atoms with E-state index in [2.05, 4.69) is 20.8 Å². The first-order valence-corrected chi connectivity index (χ1v) is 8.05. The third kappa shape index (κ3) is 4.08. The van der Waals surface area contributed by atoms with E-state index in [-0.39, 0.29) is 17.9 Å². The van der Waals surface area contributed by atoms with E-state index in [1.807, 2.05) is 6.07 Å². The molecule has 0 spiro atoms. The number of rotatable bonds is 6. The van der Waals surface area contributed by atoms with Crippen molar-refractivity contribution in [3.63, 3.8) is 0 Å². The fourth-order valence-corrected chi connectivity index (χ4v) is 2.87. The average Bonchev–Trinajstić information content (AvgIpc) is 3.17. The zero-order valence-electron chi connectivity index (χ0n) is 12.9. The second-order valence-corrected chi connectivity index (χ2v) is 6.07. The fourth-order valence-electron chi connectivity index (χ4n) is 2.68. The van der Waals surface area contributed by atoms with Crippen molar-refractivity contribution < 1.29 is 9.59 Å². The molecule has 1 aliphatic heterocycles. The number of amides is 2. The van der Waals surface area contributed by atoms with Crippen LogP contribution in [-0.4, -0.2) is 44.6 Å². The van der Waals surface area contributed by atoms with Crippen LogP contribution < -0.4 is 10.2 Å². The molecule has 0 saturated carbocycles. The molecule has 1 aliphatic rings. The predicted octanol–water partition coefficient (Wildman–Crippen LogP) is 1.03. The van der Waals surface area contributed by atoms with Gasteiger partial charge in [0, 0.05) is 36.6 Å². The van der Waals surface area contributed by atoms with Crippen LogP contribution in [0.25, 0.3) is 0 Å². The van der Waals surface area contributed by atoms with E-state index < -0.39 is 0 Å². The molecule has 1 fully saturated rings. The predicted molar refractivity (Wildman–Crippen MR) is 87.4 cm³/mol. The minimum atomic E-state index is -0.183. The molecule has 1 N–H and O–H groups in total. The first-order chi connectivity index (χ1) is 11.6. The molecule has 2 heterocycles. The average molecular weight is 349 g/mol. The molecule has 0 bridgehead atoms. The molecular formula is C15H17ClN6O2. The van der Waals surface area contributed by atoms with E-state index in [4.69, 9.17) is 11.6 Å². The van der Waals surface area contributed by atoms with E-state index >= 15 is 0 Å². The van der Waals surface area contributed by atoms with Crippen LogP contribution in [0.15, 0.2) is 30.6 Å². The van der Waals surface area contributed by atoms with Crippen LogP contribution in [0.5, 0.6) is 0 Å². The van der Waals surface area contributed by atoms with Crippen molar-refractivity contribution in [1.29, 1.82) is 0 Å². The Morgan fingerprint density at radius 3 is 3.04 bits per heavy atom. The van der Waals surface area contributed by atoms with E-state index in [9.17, 15) is 9.59 Å². The zero-order valence-corrected chi connectivity index (χ0v) is 13.7. The molecule has 0 radical (unpaired) electrons. The van der Waals surface area contributed by atoms with Gasteiger partial charge in [-0.1, -0.05) is 17.7 Å². The van der Waals surface area contributed by atoms with Crippen LogP contribution in [0, 0.1) is 0 Å². The number of hydrogen-bond donors (Lipinski definition) is 1. The van der Waals surface area contributed by atoms with E-state index in [0.717, 1.165) is 5.69 Å². The summed E-state index contributed by atoms with van der Waals surface area (Å²) in [5.41, 5.74) is 0.753. The molecule has 1 aromatic heterocycles. The second kappa shape index (κ2) is 7.39. The Labute approximate surface area is 143 Å². The number of anilines is 1. The summed E-state index contributed by atoms with van der Waals surface area (Å²) in [6, 6.07) is 6.96. The highest BCUT2D eigenvalue weighted by atomic mass is 35.5. The van der Waals surface area contributed by atoms with Gasteiger partial charge in [-0.3, -0.25) is 9.59 Å². The lowest BCUT2D eigenvalue weighted by Gasteiger charge is -2.17. The molecule has 2 amide bonds. The standard InChI is InChI=1S/C15H17ClN6O2/c16-11-3-1-4-13(7-11)22-9-12(8-15(22)24)18-14(23)5-2-6-21-10-17-19-20-21/h1,3-4,7,10,12H,2,5-6,8-9H2,(H,18,23)/t12-/m0/s1. The Morgan fingerprint density at radius 2 is 2.29 bits per heavy atom. The molecule has 0 aliphatic carbocycles. The molecule has 9 heteroatoms. The summed E-state index contributed by atoms with van der Waals surface area (Å²) in [6.45, 7) is 1.04. The van der Waals surface area contributed by atoms with Crippen LogP contribution in [-0.2, 0) is 16.1 Å². The Bertz CT molecular complexity index is 721. The number of aryl methyl sites for hydroxylation is 1. The molecular weight excluding hydrogens is 332 g/mol. The maximum Gasteiger partial charge on any atom is 0.229 e. The van der Waals surface area contributed by atoms with Gasteiger partial charge in [0.2, 0.25) is 11.8 Å². The number of halogens is 1. The number of hydrogen-bond acceptors (Lipinski definition) is 5. The Hall–Kier alpha value is -2.48. The van der Waals surface area contributed by atoms with Gasteiger partial charge in [-0.25, -0.2) is 4.68 Å². The SMILES string of the molecule is O=C(CCCn1cnnn1)N[C@H]1CC(=O)N(c2cccc(Cl)c2)C1. The molecule has 24 heavy (non-hydrogen) atoms. The summed E-state index contributed by atoms with van der Waals surface area (Å²) in [5, 5.41) is 14.3. The van der Waals surface area contributed by atoms with Gasteiger partial charge < -0.3 is 10.2 Å². The lowest BCUT2D eigenvalue weighted by atomic mass is 10.2. The second-order valence-electron chi connectivity index (χ2n) is 5.63. The molecule has 3 rings (SSSR count). The van der Waals surface area contributed by atoms with Gasteiger partial charge in [0.1, 0.15) is 6.33 Å². The van der Waals surface area contributed by atoms with Crippen molar-refractivity contribution >= 4 is 29.1 Å². The number of nitrogens with one attached hydrogen (secondary N) is 1. The number of tetrazole rings is 1. The number of benzene rings is 1. The summed E-state index contributed by atoms with van der Waals surface area (Å²) < 4.78 is 1.58. The highest BCUT2D eigenvalue weighted by Gasteiger charge is 2.31. The molecule has 2 aromatic rings.